The van der Waals surface area contributed by atoms with Crippen molar-refractivity contribution in [2.45, 2.75) is 20.4 Å². The van der Waals surface area contributed by atoms with Crippen molar-refractivity contribution in [1.29, 1.82) is 0 Å². The zero-order chi connectivity index (χ0) is 12.1. The Balaban J connectivity index is 2.07. The Morgan fingerprint density at radius 2 is 2.00 bits per heavy atom. The van der Waals surface area contributed by atoms with Gasteiger partial charge in [0.2, 0.25) is 0 Å². The molecule has 0 radical (unpaired) electrons. The van der Waals surface area contributed by atoms with Gasteiger partial charge in [0.25, 0.3) is 0 Å². The summed E-state index contributed by atoms with van der Waals surface area (Å²) in [5.74, 6) is 1.51. The summed E-state index contributed by atoms with van der Waals surface area (Å²) in [4.78, 5) is 0. The summed E-state index contributed by atoms with van der Waals surface area (Å²) >= 11 is 0. The summed E-state index contributed by atoms with van der Waals surface area (Å²) in [7, 11) is 0. The Morgan fingerprint density at radius 3 is 2.71 bits per heavy atom. The molecule has 0 unspecified atom stereocenters. The number of benzene rings is 1. The second kappa shape index (κ2) is 5.64. The molecule has 0 saturated heterocycles. The first-order chi connectivity index (χ1) is 8.27. The minimum atomic E-state index is 0.648. The van der Waals surface area contributed by atoms with E-state index in [2.05, 4.69) is 24.3 Å². The molecule has 0 saturated carbocycles. The van der Waals surface area contributed by atoms with Gasteiger partial charge in [-0.05, 0) is 12.5 Å². The second-order valence-electron chi connectivity index (χ2n) is 4.57. The summed E-state index contributed by atoms with van der Waals surface area (Å²) in [5.41, 5.74) is 2.18. The van der Waals surface area contributed by atoms with E-state index >= 15 is 0 Å². The lowest BCUT2D eigenvalue weighted by molar-refractivity contribution is 0.431. The van der Waals surface area contributed by atoms with Crippen LogP contribution in [0.2, 0.25) is 0 Å². The molecule has 0 aliphatic heterocycles. The molecule has 3 heteroatoms. The molecule has 0 atom stereocenters. The highest BCUT2D eigenvalue weighted by atomic mass is 16.5. The van der Waals surface area contributed by atoms with E-state index in [0.717, 1.165) is 30.0 Å². The Hall–Kier alpha value is -1.61. The van der Waals surface area contributed by atoms with Gasteiger partial charge in [-0.15, -0.1) is 0 Å². The number of rotatable bonds is 5. The molecule has 0 amide bonds. The molecule has 1 N–H and O–H groups in total. The average Bonchev–Trinajstić information content (AvgIpc) is 2.78. The van der Waals surface area contributed by atoms with Crippen LogP contribution in [0.5, 0.6) is 0 Å². The third-order valence-corrected chi connectivity index (χ3v) is 2.55. The number of hydrogen-bond donors (Lipinski definition) is 1. The zero-order valence-corrected chi connectivity index (χ0v) is 10.3. The molecule has 1 heterocycles. The van der Waals surface area contributed by atoms with Gasteiger partial charge in [-0.1, -0.05) is 49.3 Å². The first kappa shape index (κ1) is 11.9. The molecule has 90 valence electrons. The van der Waals surface area contributed by atoms with Gasteiger partial charge in [0, 0.05) is 17.7 Å². The highest BCUT2D eigenvalue weighted by molar-refractivity contribution is 5.60. The molecule has 1 aromatic heterocycles. The van der Waals surface area contributed by atoms with Crippen molar-refractivity contribution in [3.63, 3.8) is 0 Å². The topological polar surface area (TPSA) is 38.1 Å². The predicted octanol–water partition coefficient (Wildman–Crippen LogP) is 3.09. The predicted molar refractivity (Wildman–Crippen MR) is 68.5 cm³/mol. The van der Waals surface area contributed by atoms with Gasteiger partial charge < -0.3 is 9.84 Å². The highest BCUT2D eigenvalue weighted by Gasteiger charge is 2.09. The fraction of sp³-hybridized carbons (Fsp3) is 0.357. The fourth-order valence-electron chi connectivity index (χ4n) is 1.71. The number of nitrogens with one attached hydrogen (secondary N) is 1. The number of nitrogens with zero attached hydrogens (tertiary/aromatic N) is 1. The normalized spacial score (nSPS) is 11.0. The summed E-state index contributed by atoms with van der Waals surface area (Å²) in [6, 6.07) is 10.1. The van der Waals surface area contributed by atoms with E-state index in [1.807, 2.05) is 30.3 Å². The SMILES string of the molecule is CC(C)CNCc1cnoc1-c1ccccc1. The maximum absolute atomic E-state index is 5.32. The van der Waals surface area contributed by atoms with Crippen molar-refractivity contribution < 1.29 is 4.52 Å². The molecule has 0 spiro atoms. The van der Waals surface area contributed by atoms with Crippen LogP contribution in [0.1, 0.15) is 19.4 Å². The molecule has 0 aliphatic rings. The number of aromatic nitrogens is 1. The third kappa shape index (κ3) is 3.17. The smallest absolute Gasteiger partial charge is 0.171 e. The number of hydrogen-bond acceptors (Lipinski definition) is 3. The Labute approximate surface area is 102 Å². The molecular formula is C14H18N2O. The van der Waals surface area contributed by atoms with Crippen LogP contribution >= 0.6 is 0 Å². The van der Waals surface area contributed by atoms with Crippen LogP contribution in [-0.2, 0) is 6.54 Å². The van der Waals surface area contributed by atoms with Gasteiger partial charge >= 0.3 is 0 Å². The van der Waals surface area contributed by atoms with Gasteiger partial charge in [-0.3, -0.25) is 0 Å². The third-order valence-electron chi connectivity index (χ3n) is 2.55. The Bertz CT molecular complexity index is 448. The Morgan fingerprint density at radius 1 is 1.24 bits per heavy atom. The van der Waals surface area contributed by atoms with Gasteiger partial charge in [0.05, 0.1) is 6.20 Å². The van der Waals surface area contributed by atoms with E-state index in [9.17, 15) is 0 Å². The van der Waals surface area contributed by atoms with Crippen molar-refractivity contribution in [1.82, 2.24) is 10.5 Å². The molecule has 0 bridgehead atoms. The molecular weight excluding hydrogens is 212 g/mol. The summed E-state index contributed by atoms with van der Waals surface area (Å²) in [6.45, 7) is 6.18. The van der Waals surface area contributed by atoms with Gasteiger partial charge in [0.15, 0.2) is 5.76 Å². The Kier molecular flexibility index (Phi) is 3.94. The largest absolute Gasteiger partial charge is 0.356 e. The van der Waals surface area contributed by atoms with Crippen LogP contribution < -0.4 is 5.32 Å². The van der Waals surface area contributed by atoms with E-state index in [1.54, 1.807) is 6.20 Å². The minimum Gasteiger partial charge on any atom is -0.356 e. The lowest BCUT2D eigenvalue weighted by atomic mass is 10.1. The monoisotopic (exact) mass is 230 g/mol. The molecule has 2 aromatic rings. The zero-order valence-electron chi connectivity index (χ0n) is 10.3. The molecule has 2 rings (SSSR count). The molecule has 0 fully saturated rings. The quantitative estimate of drug-likeness (QED) is 0.857. The highest BCUT2D eigenvalue weighted by Crippen LogP contribution is 2.22. The average molecular weight is 230 g/mol. The van der Waals surface area contributed by atoms with Crippen LogP contribution in [-0.4, -0.2) is 11.7 Å². The second-order valence-corrected chi connectivity index (χ2v) is 4.57. The van der Waals surface area contributed by atoms with Crippen molar-refractivity contribution in [3.8, 4) is 11.3 Å². The first-order valence-electron chi connectivity index (χ1n) is 5.97. The fourth-order valence-corrected chi connectivity index (χ4v) is 1.71. The lowest BCUT2D eigenvalue weighted by Gasteiger charge is -2.06. The maximum Gasteiger partial charge on any atom is 0.171 e. The van der Waals surface area contributed by atoms with Crippen molar-refractivity contribution in [2.24, 2.45) is 5.92 Å². The minimum absolute atomic E-state index is 0.648. The van der Waals surface area contributed by atoms with Crippen LogP contribution in [0.25, 0.3) is 11.3 Å². The van der Waals surface area contributed by atoms with Crippen molar-refractivity contribution >= 4 is 0 Å². The van der Waals surface area contributed by atoms with E-state index in [1.165, 1.54) is 0 Å². The van der Waals surface area contributed by atoms with E-state index < -0.39 is 0 Å². The van der Waals surface area contributed by atoms with Gasteiger partial charge in [-0.25, -0.2) is 0 Å². The maximum atomic E-state index is 5.32. The molecule has 0 aliphatic carbocycles. The lowest BCUT2D eigenvalue weighted by Crippen LogP contribution is -2.18. The van der Waals surface area contributed by atoms with E-state index in [0.29, 0.717) is 5.92 Å². The van der Waals surface area contributed by atoms with Crippen molar-refractivity contribution in [2.75, 3.05) is 6.54 Å². The van der Waals surface area contributed by atoms with Crippen molar-refractivity contribution in [3.05, 3.63) is 42.1 Å². The standard InChI is InChI=1S/C14H18N2O/c1-11(2)8-15-9-13-10-16-17-14(13)12-6-4-3-5-7-12/h3-7,10-11,15H,8-9H2,1-2H3. The summed E-state index contributed by atoms with van der Waals surface area (Å²) in [6.07, 6.45) is 1.79. The first-order valence-corrected chi connectivity index (χ1v) is 5.97. The molecule has 17 heavy (non-hydrogen) atoms. The molecule has 1 aromatic carbocycles. The van der Waals surface area contributed by atoms with Gasteiger partial charge in [0.1, 0.15) is 0 Å². The van der Waals surface area contributed by atoms with Crippen LogP contribution in [0.15, 0.2) is 41.1 Å². The van der Waals surface area contributed by atoms with E-state index in [-0.39, 0.29) is 0 Å². The summed E-state index contributed by atoms with van der Waals surface area (Å²) < 4.78 is 5.32. The van der Waals surface area contributed by atoms with E-state index in [4.69, 9.17) is 4.52 Å². The van der Waals surface area contributed by atoms with Gasteiger partial charge in [-0.2, -0.15) is 0 Å². The molecule has 3 nitrogen and oxygen atoms in total. The van der Waals surface area contributed by atoms with Crippen LogP contribution in [0.4, 0.5) is 0 Å². The van der Waals surface area contributed by atoms with Crippen LogP contribution in [0, 0.1) is 5.92 Å². The summed E-state index contributed by atoms with van der Waals surface area (Å²) in [5, 5.41) is 7.28. The van der Waals surface area contributed by atoms with Crippen LogP contribution in [0.3, 0.4) is 0 Å².